The van der Waals surface area contributed by atoms with Crippen molar-refractivity contribution in [1.29, 1.82) is 0 Å². The third kappa shape index (κ3) is 5.92. The van der Waals surface area contributed by atoms with Crippen LogP contribution in [-0.4, -0.2) is 54.6 Å². The van der Waals surface area contributed by atoms with Crippen LogP contribution >= 0.6 is 11.6 Å². The van der Waals surface area contributed by atoms with Gasteiger partial charge < -0.3 is 37.9 Å². The number of halogens is 1. The van der Waals surface area contributed by atoms with Crippen LogP contribution in [0.3, 0.4) is 0 Å². The zero-order chi connectivity index (χ0) is 27.1. The van der Waals surface area contributed by atoms with Gasteiger partial charge in [-0.3, -0.25) is 0 Å². The van der Waals surface area contributed by atoms with Crippen molar-refractivity contribution in [2.45, 2.75) is 0 Å². The van der Waals surface area contributed by atoms with Gasteiger partial charge in [-0.15, -0.1) is 0 Å². The lowest BCUT2D eigenvalue weighted by atomic mass is 10.2. The average Bonchev–Trinajstić information content (AvgIpc) is 2.92. The molecule has 0 spiro atoms. The summed E-state index contributed by atoms with van der Waals surface area (Å²) >= 11 is 6.30. The molecule has 0 N–H and O–H groups in total. The first-order valence-corrected chi connectivity index (χ1v) is 11.0. The van der Waals surface area contributed by atoms with Gasteiger partial charge in [0.1, 0.15) is 11.5 Å². The number of hydrogen-bond acceptors (Lipinski definition) is 10. The van der Waals surface area contributed by atoms with Crippen molar-refractivity contribution in [2.75, 3.05) is 42.7 Å². The highest BCUT2D eigenvalue weighted by atomic mass is 35.5. The first-order chi connectivity index (χ1) is 17.8. The van der Waals surface area contributed by atoms with Gasteiger partial charge in [-0.05, 0) is 36.4 Å². The quantitative estimate of drug-likeness (QED) is 0.266. The Morgan fingerprint density at radius 2 is 0.946 bits per heavy atom. The molecule has 0 radical (unpaired) electrons. The van der Waals surface area contributed by atoms with Crippen molar-refractivity contribution in [3.05, 3.63) is 58.6 Å². The van der Waals surface area contributed by atoms with Gasteiger partial charge in [0, 0.05) is 6.07 Å². The Labute approximate surface area is 218 Å². The zero-order valence-electron chi connectivity index (χ0n) is 21.0. The van der Waals surface area contributed by atoms with Crippen LogP contribution < -0.4 is 37.9 Å². The molecule has 0 unspecified atom stereocenters. The minimum Gasteiger partial charge on any atom is -0.493 e. The highest BCUT2D eigenvalue weighted by Gasteiger charge is 2.21. The molecule has 3 aromatic rings. The normalized spacial score (nSPS) is 10.2. The predicted octanol–water partition coefficient (Wildman–Crippen LogP) is 4.83. The zero-order valence-corrected chi connectivity index (χ0v) is 21.8. The van der Waals surface area contributed by atoms with E-state index in [1.54, 1.807) is 0 Å². The molecule has 0 bridgehead atoms. The van der Waals surface area contributed by atoms with Gasteiger partial charge in [-0.25, -0.2) is 9.59 Å². The maximum Gasteiger partial charge on any atom is 0.343 e. The molecular weight excluding hydrogens is 508 g/mol. The Kier molecular flexibility index (Phi) is 8.91. The predicted molar refractivity (Wildman–Crippen MR) is 134 cm³/mol. The molecule has 0 atom stereocenters. The van der Waals surface area contributed by atoms with Gasteiger partial charge >= 0.3 is 11.9 Å². The van der Waals surface area contributed by atoms with Crippen LogP contribution in [0.2, 0.25) is 5.02 Å². The number of rotatable bonds is 10. The Morgan fingerprint density at radius 1 is 0.541 bits per heavy atom. The third-order valence-corrected chi connectivity index (χ3v) is 5.41. The minimum absolute atomic E-state index is 0.0379. The van der Waals surface area contributed by atoms with Crippen molar-refractivity contribution in [3.63, 3.8) is 0 Å². The fraction of sp³-hybridized carbons (Fsp3) is 0.231. The number of ether oxygens (including phenoxy) is 8. The van der Waals surface area contributed by atoms with Gasteiger partial charge in [0.25, 0.3) is 0 Å². The van der Waals surface area contributed by atoms with Crippen LogP contribution in [-0.2, 0) is 0 Å². The number of methoxy groups -OCH3 is 6. The monoisotopic (exact) mass is 532 g/mol. The van der Waals surface area contributed by atoms with Crippen molar-refractivity contribution in [1.82, 2.24) is 0 Å². The summed E-state index contributed by atoms with van der Waals surface area (Å²) in [5.74, 6) is 0.579. The van der Waals surface area contributed by atoms with E-state index >= 15 is 0 Å². The smallest absolute Gasteiger partial charge is 0.343 e. The van der Waals surface area contributed by atoms with Crippen molar-refractivity contribution < 1.29 is 47.5 Å². The Balaban J connectivity index is 1.80. The summed E-state index contributed by atoms with van der Waals surface area (Å²) in [6.07, 6.45) is 0. The highest BCUT2D eigenvalue weighted by molar-refractivity contribution is 6.32. The van der Waals surface area contributed by atoms with Crippen LogP contribution in [0.4, 0.5) is 0 Å². The number of benzene rings is 3. The molecule has 0 heterocycles. The number of esters is 2. The summed E-state index contributed by atoms with van der Waals surface area (Å²) in [7, 11) is 8.64. The second-order valence-electron chi connectivity index (χ2n) is 7.20. The van der Waals surface area contributed by atoms with Gasteiger partial charge in [-0.1, -0.05) is 11.6 Å². The van der Waals surface area contributed by atoms with Crippen LogP contribution in [0.25, 0.3) is 0 Å². The molecule has 0 amide bonds. The van der Waals surface area contributed by atoms with Gasteiger partial charge in [0.15, 0.2) is 23.0 Å². The molecule has 0 aliphatic carbocycles. The van der Waals surface area contributed by atoms with E-state index in [9.17, 15) is 9.59 Å². The molecule has 0 fully saturated rings. The molecule has 0 aliphatic rings. The van der Waals surface area contributed by atoms with E-state index in [4.69, 9.17) is 49.5 Å². The molecule has 0 saturated heterocycles. The minimum atomic E-state index is -0.719. The summed E-state index contributed by atoms with van der Waals surface area (Å²) in [5.41, 5.74) is 0.298. The van der Waals surface area contributed by atoms with Crippen molar-refractivity contribution in [2.24, 2.45) is 0 Å². The Hall–Kier alpha value is -4.31. The van der Waals surface area contributed by atoms with E-state index in [1.807, 2.05) is 0 Å². The van der Waals surface area contributed by atoms with Crippen molar-refractivity contribution >= 4 is 23.5 Å². The summed E-state index contributed by atoms with van der Waals surface area (Å²) in [5, 5.41) is 0.0379. The molecular formula is C26H25ClO10. The van der Waals surface area contributed by atoms with Crippen LogP contribution in [0.15, 0.2) is 42.5 Å². The van der Waals surface area contributed by atoms with Crippen LogP contribution in [0.5, 0.6) is 46.0 Å². The second-order valence-corrected chi connectivity index (χ2v) is 7.61. The number of carbonyl (C=O) groups excluding carboxylic acids is 2. The lowest BCUT2D eigenvalue weighted by Gasteiger charge is -2.14. The number of hydrogen-bond donors (Lipinski definition) is 0. The van der Waals surface area contributed by atoms with E-state index in [-0.39, 0.29) is 39.1 Å². The van der Waals surface area contributed by atoms with Gasteiger partial charge in [0.05, 0.1) is 58.8 Å². The van der Waals surface area contributed by atoms with E-state index in [2.05, 4.69) is 0 Å². The molecule has 11 heteroatoms. The Morgan fingerprint density at radius 3 is 1.30 bits per heavy atom. The highest BCUT2D eigenvalue weighted by Crippen LogP contribution is 2.40. The summed E-state index contributed by atoms with van der Waals surface area (Å²) in [6.45, 7) is 0. The molecule has 0 aromatic heterocycles. The van der Waals surface area contributed by atoms with Crippen molar-refractivity contribution in [3.8, 4) is 46.0 Å². The molecule has 0 aliphatic heterocycles. The molecule has 196 valence electrons. The largest absolute Gasteiger partial charge is 0.493 e. The SMILES string of the molecule is COc1cc(C(=O)Oc2ccc(OC(=O)c3cc(OC)c(OC)c(OC)c3)c(Cl)c2)cc(OC)c1OC. The fourth-order valence-electron chi connectivity index (χ4n) is 3.35. The lowest BCUT2D eigenvalue weighted by Crippen LogP contribution is -2.11. The van der Waals surface area contributed by atoms with E-state index < -0.39 is 11.9 Å². The molecule has 0 saturated carbocycles. The van der Waals surface area contributed by atoms with Gasteiger partial charge in [-0.2, -0.15) is 0 Å². The molecule has 10 nitrogen and oxygen atoms in total. The summed E-state index contributed by atoms with van der Waals surface area (Å²) < 4.78 is 42.4. The maximum atomic E-state index is 12.8. The van der Waals surface area contributed by atoms with Crippen LogP contribution in [0.1, 0.15) is 20.7 Å². The number of carbonyl (C=O) groups is 2. The standard InChI is InChI=1S/C26H25ClO10/c1-30-19-9-14(10-20(31-2)23(19)34-5)25(28)36-16-7-8-18(17(27)13-16)37-26(29)15-11-21(32-3)24(35-6)22(12-15)33-4/h7-13H,1-6H3. The second kappa shape index (κ2) is 12.1. The van der Waals surface area contributed by atoms with Gasteiger partial charge in [0.2, 0.25) is 11.5 Å². The molecule has 3 rings (SSSR count). The first kappa shape index (κ1) is 27.3. The van der Waals surface area contributed by atoms with Crippen LogP contribution in [0, 0.1) is 0 Å². The third-order valence-electron chi connectivity index (χ3n) is 5.12. The van der Waals surface area contributed by atoms with E-state index in [0.29, 0.717) is 23.0 Å². The Bertz CT molecular complexity index is 1250. The topological polar surface area (TPSA) is 108 Å². The summed E-state index contributed by atoms with van der Waals surface area (Å²) in [4.78, 5) is 25.5. The van der Waals surface area contributed by atoms with E-state index in [0.717, 1.165) is 0 Å². The maximum absolute atomic E-state index is 12.8. The summed E-state index contributed by atoms with van der Waals surface area (Å²) in [6, 6.07) is 9.98. The molecule has 3 aromatic carbocycles. The fourth-order valence-corrected chi connectivity index (χ4v) is 3.56. The van der Waals surface area contributed by atoms with E-state index in [1.165, 1.54) is 85.1 Å². The first-order valence-electron chi connectivity index (χ1n) is 10.6. The molecule has 37 heavy (non-hydrogen) atoms. The average molecular weight is 533 g/mol. The lowest BCUT2D eigenvalue weighted by molar-refractivity contribution is 0.0718.